The Morgan fingerprint density at radius 1 is 1.47 bits per heavy atom. The molecule has 1 saturated carbocycles. The summed E-state index contributed by atoms with van der Waals surface area (Å²) in [6.45, 7) is 6.08. The predicted octanol–water partition coefficient (Wildman–Crippen LogP) is 1.63. The van der Waals surface area contributed by atoms with Gasteiger partial charge in [-0.05, 0) is 33.1 Å². The summed E-state index contributed by atoms with van der Waals surface area (Å²) in [6, 6.07) is 0.427. The highest BCUT2D eigenvalue weighted by atomic mass is 16.2. The lowest BCUT2D eigenvalue weighted by Gasteiger charge is -2.31. The van der Waals surface area contributed by atoms with Gasteiger partial charge in [0.2, 0.25) is 5.91 Å². The summed E-state index contributed by atoms with van der Waals surface area (Å²) in [5.41, 5.74) is -0.447. The number of amides is 1. The first kappa shape index (κ1) is 12.5. The first-order valence-corrected chi connectivity index (χ1v) is 5.82. The lowest BCUT2D eigenvalue weighted by atomic mass is 10.0. The standard InChI is InChI=1S/C12H24N2O/c1-9(8-10-6-7-10)13-12(2,3)11(15)14(4)5/h9-10,13H,6-8H2,1-5H3. The Labute approximate surface area is 93.2 Å². The number of nitrogens with zero attached hydrogens (tertiary/aromatic N) is 1. The SMILES string of the molecule is CC(CC1CC1)NC(C)(C)C(=O)N(C)C. The Morgan fingerprint density at radius 3 is 2.40 bits per heavy atom. The molecule has 0 aromatic heterocycles. The highest BCUT2D eigenvalue weighted by molar-refractivity contribution is 5.85. The lowest BCUT2D eigenvalue weighted by molar-refractivity contribution is -0.134. The number of carbonyl (C=O) groups is 1. The number of nitrogens with one attached hydrogen (secondary N) is 1. The molecule has 1 aliphatic carbocycles. The van der Waals surface area contributed by atoms with Crippen molar-refractivity contribution in [3.8, 4) is 0 Å². The van der Waals surface area contributed by atoms with Crippen LogP contribution < -0.4 is 5.32 Å². The van der Waals surface area contributed by atoms with E-state index in [1.54, 1.807) is 19.0 Å². The molecule has 0 aliphatic heterocycles. The maximum atomic E-state index is 11.9. The van der Waals surface area contributed by atoms with Crippen LogP contribution in [-0.2, 0) is 4.79 Å². The van der Waals surface area contributed by atoms with E-state index in [0.717, 1.165) is 5.92 Å². The number of hydrogen-bond acceptors (Lipinski definition) is 2. The quantitative estimate of drug-likeness (QED) is 0.751. The number of hydrogen-bond donors (Lipinski definition) is 1. The summed E-state index contributed by atoms with van der Waals surface area (Å²) in [6.07, 6.45) is 3.94. The number of carbonyl (C=O) groups excluding carboxylic acids is 1. The largest absolute Gasteiger partial charge is 0.347 e. The Hall–Kier alpha value is -0.570. The van der Waals surface area contributed by atoms with Crippen molar-refractivity contribution in [3.63, 3.8) is 0 Å². The third kappa shape index (κ3) is 3.82. The highest BCUT2D eigenvalue weighted by Gasteiger charge is 2.32. The molecule has 0 saturated heterocycles. The van der Waals surface area contributed by atoms with Crippen LogP contribution in [0, 0.1) is 5.92 Å². The molecule has 3 nitrogen and oxygen atoms in total. The fourth-order valence-corrected chi connectivity index (χ4v) is 2.15. The molecule has 1 fully saturated rings. The van der Waals surface area contributed by atoms with Gasteiger partial charge in [0.1, 0.15) is 0 Å². The molecule has 0 radical (unpaired) electrons. The number of rotatable bonds is 5. The van der Waals surface area contributed by atoms with Crippen molar-refractivity contribution in [2.24, 2.45) is 5.92 Å². The zero-order valence-electron chi connectivity index (χ0n) is 10.6. The van der Waals surface area contributed by atoms with E-state index in [-0.39, 0.29) is 5.91 Å². The van der Waals surface area contributed by atoms with E-state index >= 15 is 0 Å². The molecule has 0 heterocycles. The first-order valence-electron chi connectivity index (χ1n) is 5.82. The Bertz CT molecular complexity index is 232. The van der Waals surface area contributed by atoms with Crippen LogP contribution in [0.15, 0.2) is 0 Å². The number of likely N-dealkylation sites (N-methyl/N-ethyl adjacent to an activating group) is 1. The summed E-state index contributed by atoms with van der Waals surface area (Å²) >= 11 is 0. The highest BCUT2D eigenvalue weighted by Crippen LogP contribution is 2.33. The van der Waals surface area contributed by atoms with Crippen LogP contribution in [0.5, 0.6) is 0 Å². The summed E-state index contributed by atoms with van der Waals surface area (Å²) in [5.74, 6) is 1.04. The molecule has 1 aliphatic rings. The van der Waals surface area contributed by atoms with Gasteiger partial charge in [-0.2, -0.15) is 0 Å². The van der Waals surface area contributed by atoms with Gasteiger partial charge in [-0.3, -0.25) is 4.79 Å². The molecule has 0 aromatic carbocycles. The zero-order chi connectivity index (χ0) is 11.6. The molecular weight excluding hydrogens is 188 g/mol. The van der Waals surface area contributed by atoms with Gasteiger partial charge >= 0.3 is 0 Å². The molecule has 1 amide bonds. The average molecular weight is 212 g/mol. The van der Waals surface area contributed by atoms with E-state index in [0.29, 0.717) is 6.04 Å². The van der Waals surface area contributed by atoms with Crippen LogP contribution >= 0.6 is 0 Å². The molecule has 0 aromatic rings. The summed E-state index contributed by atoms with van der Waals surface area (Å²) in [4.78, 5) is 13.5. The Morgan fingerprint density at radius 2 is 2.00 bits per heavy atom. The van der Waals surface area contributed by atoms with Gasteiger partial charge in [-0.25, -0.2) is 0 Å². The van der Waals surface area contributed by atoms with Gasteiger partial charge in [0.15, 0.2) is 0 Å². The predicted molar refractivity (Wildman–Crippen MR) is 62.7 cm³/mol. The molecule has 1 unspecified atom stereocenters. The maximum Gasteiger partial charge on any atom is 0.241 e. The van der Waals surface area contributed by atoms with Crippen LogP contribution in [0.2, 0.25) is 0 Å². The van der Waals surface area contributed by atoms with E-state index in [1.165, 1.54) is 19.3 Å². The van der Waals surface area contributed by atoms with Gasteiger partial charge in [-0.15, -0.1) is 0 Å². The second-order valence-corrected chi connectivity index (χ2v) is 5.55. The minimum Gasteiger partial charge on any atom is -0.347 e. The van der Waals surface area contributed by atoms with Crippen LogP contribution in [0.25, 0.3) is 0 Å². The normalized spacial score (nSPS) is 18.7. The third-order valence-electron chi connectivity index (χ3n) is 2.93. The molecule has 3 heteroatoms. The van der Waals surface area contributed by atoms with E-state index in [4.69, 9.17) is 0 Å². The van der Waals surface area contributed by atoms with Crippen LogP contribution in [0.1, 0.15) is 40.0 Å². The molecule has 15 heavy (non-hydrogen) atoms. The topological polar surface area (TPSA) is 32.3 Å². The third-order valence-corrected chi connectivity index (χ3v) is 2.93. The summed E-state index contributed by atoms with van der Waals surface area (Å²) < 4.78 is 0. The maximum absolute atomic E-state index is 11.9. The van der Waals surface area contributed by atoms with Gasteiger partial charge in [0, 0.05) is 20.1 Å². The van der Waals surface area contributed by atoms with Gasteiger partial charge < -0.3 is 10.2 Å². The monoisotopic (exact) mass is 212 g/mol. The lowest BCUT2D eigenvalue weighted by Crippen LogP contribution is -2.55. The van der Waals surface area contributed by atoms with Crippen molar-refractivity contribution in [2.45, 2.75) is 51.6 Å². The smallest absolute Gasteiger partial charge is 0.241 e. The molecule has 1 rings (SSSR count). The van der Waals surface area contributed by atoms with E-state index in [2.05, 4.69) is 12.2 Å². The van der Waals surface area contributed by atoms with Crippen molar-refractivity contribution in [3.05, 3.63) is 0 Å². The van der Waals surface area contributed by atoms with E-state index in [1.807, 2.05) is 13.8 Å². The summed E-state index contributed by atoms with van der Waals surface area (Å²) in [7, 11) is 3.61. The molecular formula is C12H24N2O. The van der Waals surface area contributed by atoms with Gasteiger partial charge in [-0.1, -0.05) is 12.8 Å². The van der Waals surface area contributed by atoms with Crippen molar-refractivity contribution >= 4 is 5.91 Å². The second-order valence-electron chi connectivity index (χ2n) is 5.55. The average Bonchev–Trinajstić information content (AvgIpc) is 2.85. The van der Waals surface area contributed by atoms with Crippen molar-refractivity contribution in [2.75, 3.05) is 14.1 Å². The molecule has 0 spiro atoms. The molecule has 1 atom stereocenters. The molecule has 1 N–H and O–H groups in total. The fourth-order valence-electron chi connectivity index (χ4n) is 2.15. The van der Waals surface area contributed by atoms with E-state index < -0.39 is 5.54 Å². The van der Waals surface area contributed by atoms with Gasteiger partial charge in [0.05, 0.1) is 5.54 Å². The van der Waals surface area contributed by atoms with Crippen LogP contribution in [0.3, 0.4) is 0 Å². The van der Waals surface area contributed by atoms with Gasteiger partial charge in [0.25, 0.3) is 0 Å². The molecule has 88 valence electrons. The van der Waals surface area contributed by atoms with Crippen molar-refractivity contribution < 1.29 is 4.79 Å². The Balaban J connectivity index is 2.42. The minimum atomic E-state index is -0.447. The van der Waals surface area contributed by atoms with Crippen LogP contribution in [0.4, 0.5) is 0 Å². The zero-order valence-corrected chi connectivity index (χ0v) is 10.6. The summed E-state index contributed by atoms with van der Waals surface area (Å²) in [5, 5.41) is 3.42. The van der Waals surface area contributed by atoms with E-state index in [9.17, 15) is 4.79 Å². The van der Waals surface area contributed by atoms with Crippen LogP contribution in [-0.4, -0.2) is 36.5 Å². The second kappa shape index (κ2) is 4.52. The van der Waals surface area contributed by atoms with Crippen molar-refractivity contribution in [1.29, 1.82) is 0 Å². The minimum absolute atomic E-state index is 0.144. The molecule has 0 bridgehead atoms. The first-order chi connectivity index (χ1) is 6.83. The van der Waals surface area contributed by atoms with Crippen molar-refractivity contribution in [1.82, 2.24) is 10.2 Å². The Kier molecular flexibility index (Phi) is 3.77. The fraction of sp³-hybridized carbons (Fsp3) is 0.917.